The van der Waals surface area contributed by atoms with E-state index in [2.05, 4.69) is 18.2 Å². The van der Waals surface area contributed by atoms with E-state index in [1.165, 1.54) is 0 Å². The molecule has 3 aromatic rings. The van der Waals surface area contributed by atoms with Crippen molar-refractivity contribution in [3.05, 3.63) is 69.6 Å². The molecule has 0 bridgehead atoms. The molecule has 0 N–H and O–H groups in total. The molecule has 0 atom stereocenters. The van der Waals surface area contributed by atoms with E-state index in [-0.39, 0.29) is 17.9 Å². The van der Waals surface area contributed by atoms with Gasteiger partial charge in [0.25, 0.3) is 0 Å². The molecule has 2 aromatic carbocycles. The van der Waals surface area contributed by atoms with Gasteiger partial charge >= 0.3 is 6.18 Å². The van der Waals surface area contributed by atoms with Crippen LogP contribution in [0.25, 0.3) is 11.3 Å². The average molecular weight is 426 g/mol. The standard InChI is InChI=1S/C21H19ClF3NOS/c1-13(2)11-14-3-9-17(10-4-14)27-12-18-19(15-5-7-16(22)8-6-15)26-28-20(18)21(23,24)25/h3-10,13H,11-12H2,1-2H3. The van der Waals surface area contributed by atoms with E-state index in [0.717, 1.165) is 12.0 Å². The molecule has 1 heterocycles. The Morgan fingerprint density at radius 1 is 1.04 bits per heavy atom. The molecule has 0 aliphatic heterocycles. The monoisotopic (exact) mass is 425 g/mol. The van der Waals surface area contributed by atoms with Gasteiger partial charge in [0.05, 0.1) is 5.69 Å². The van der Waals surface area contributed by atoms with Gasteiger partial charge in [-0.25, -0.2) is 0 Å². The summed E-state index contributed by atoms with van der Waals surface area (Å²) in [6.45, 7) is 4.04. The number of nitrogens with zero attached hydrogens (tertiary/aromatic N) is 1. The van der Waals surface area contributed by atoms with Gasteiger partial charge in [-0.15, -0.1) is 0 Å². The SMILES string of the molecule is CC(C)Cc1ccc(OCc2c(-c3ccc(Cl)cc3)nsc2C(F)(F)F)cc1. The number of hydrogen-bond donors (Lipinski definition) is 0. The summed E-state index contributed by atoms with van der Waals surface area (Å²) in [5.41, 5.74) is 2.04. The topological polar surface area (TPSA) is 22.1 Å². The van der Waals surface area contributed by atoms with Crippen LogP contribution in [0.3, 0.4) is 0 Å². The molecule has 2 nitrogen and oxygen atoms in total. The van der Waals surface area contributed by atoms with Gasteiger partial charge < -0.3 is 4.74 Å². The maximum atomic E-state index is 13.4. The quantitative estimate of drug-likeness (QED) is 0.414. The number of halogens is 4. The van der Waals surface area contributed by atoms with E-state index in [1.807, 2.05) is 12.1 Å². The van der Waals surface area contributed by atoms with E-state index in [0.29, 0.717) is 33.8 Å². The molecule has 0 fully saturated rings. The van der Waals surface area contributed by atoms with E-state index in [4.69, 9.17) is 16.3 Å². The summed E-state index contributed by atoms with van der Waals surface area (Å²) < 4.78 is 50.0. The minimum atomic E-state index is -4.48. The van der Waals surface area contributed by atoms with Gasteiger partial charge in [0, 0.05) is 16.1 Å². The third-order valence-electron chi connectivity index (χ3n) is 4.11. The van der Waals surface area contributed by atoms with Crippen molar-refractivity contribution in [1.82, 2.24) is 4.37 Å². The van der Waals surface area contributed by atoms with Crippen molar-refractivity contribution in [2.24, 2.45) is 5.92 Å². The highest BCUT2D eigenvalue weighted by atomic mass is 35.5. The first kappa shape index (κ1) is 20.7. The third-order valence-corrected chi connectivity index (χ3v) is 5.30. The second-order valence-corrected chi connectivity index (χ2v) is 8.08. The van der Waals surface area contributed by atoms with Crippen molar-refractivity contribution in [1.29, 1.82) is 0 Å². The minimum Gasteiger partial charge on any atom is -0.489 e. The molecule has 0 saturated heterocycles. The zero-order valence-electron chi connectivity index (χ0n) is 15.4. The molecule has 0 unspecified atom stereocenters. The molecule has 7 heteroatoms. The van der Waals surface area contributed by atoms with Crippen LogP contribution in [0.5, 0.6) is 5.75 Å². The molecular formula is C21H19ClF3NOS. The van der Waals surface area contributed by atoms with Gasteiger partial charge in [0.1, 0.15) is 17.2 Å². The molecule has 3 rings (SSSR count). The number of benzene rings is 2. The molecule has 28 heavy (non-hydrogen) atoms. The third kappa shape index (κ3) is 5.06. The first-order valence-corrected chi connectivity index (χ1v) is 9.92. The summed E-state index contributed by atoms with van der Waals surface area (Å²) >= 11 is 6.32. The summed E-state index contributed by atoms with van der Waals surface area (Å²) in [6.07, 6.45) is -3.55. The first-order valence-electron chi connectivity index (χ1n) is 8.77. The van der Waals surface area contributed by atoms with Crippen molar-refractivity contribution >= 4 is 23.1 Å². The summed E-state index contributed by atoms with van der Waals surface area (Å²) in [7, 11) is 0. The Bertz CT molecular complexity index is 918. The maximum absolute atomic E-state index is 13.4. The highest BCUT2D eigenvalue weighted by molar-refractivity contribution is 7.06. The lowest BCUT2D eigenvalue weighted by Crippen LogP contribution is -2.08. The first-order chi connectivity index (χ1) is 13.2. The van der Waals surface area contributed by atoms with Gasteiger partial charge in [0.15, 0.2) is 0 Å². The second kappa shape index (κ2) is 8.53. The molecule has 0 saturated carbocycles. The molecule has 0 radical (unpaired) electrons. The highest BCUT2D eigenvalue weighted by Gasteiger charge is 2.38. The second-order valence-electron chi connectivity index (χ2n) is 6.87. The predicted octanol–water partition coefficient (Wildman–Crippen LogP) is 7.26. The number of alkyl halides is 3. The summed E-state index contributed by atoms with van der Waals surface area (Å²) in [6, 6.07) is 14.0. The lowest BCUT2D eigenvalue weighted by Gasteiger charge is -2.12. The molecule has 1 aromatic heterocycles. The van der Waals surface area contributed by atoms with Crippen LogP contribution >= 0.6 is 23.1 Å². The zero-order valence-corrected chi connectivity index (χ0v) is 17.0. The predicted molar refractivity (Wildman–Crippen MR) is 107 cm³/mol. The molecule has 0 spiro atoms. The normalized spacial score (nSPS) is 11.8. The van der Waals surface area contributed by atoms with Crippen LogP contribution in [0.2, 0.25) is 5.02 Å². The zero-order chi connectivity index (χ0) is 20.3. The van der Waals surface area contributed by atoms with Gasteiger partial charge in [0.2, 0.25) is 0 Å². The minimum absolute atomic E-state index is 0.0334. The number of hydrogen-bond acceptors (Lipinski definition) is 3. The number of ether oxygens (including phenoxy) is 1. The number of aromatic nitrogens is 1. The van der Waals surface area contributed by atoms with Crippen molar-refractivity contribution in [2.75, 3.05) is 0 Å². The van der Waals surface area contributed by atoms with Crippen LogP contribution < -0.4 is 4.74 Å². The van der Waals surface area contributed by atoms with Gasteiger partial charge in [-0.2, -0.15) is 17.5 Å². The maximum Gasteiger partial charge on any atom is 0.427 e. The smallest absolute Gasteiger partial charge is 0.427 e. The van der Waals surface area contributed by atoms with Crippen LogP contribution in [-0.2, 0) is 19.2 Å². The van der Waals surface area contributed by atoms with Crippen molar-refractivity contribution in [3.63, 3.8) is 0 Å². The van der Waals surface area contributed by atoms with Crippen molar-refractivity contribution < 1.29 is 17.9 Å². The summed E-state index contributed by atoms with van der Waals surface area (Å²) in [5, 5.41) is 0.509. The van der Waals surface area contributed by atoms with Crippen molar-refractivity contribution in [2.45, 2.75) is 33.1 Å². The fraction of sp³-hybridized carbons (Fsp3) is 0.286. The molecule has 0 aliphatic rings. The molecule has 0 amide bonds. The van der Waals surface area contributed by atoms with Gasteiger partial charge in [-0.1, -0.05) is 49.7 Å². The number of rotatable bonds is 6. The average Bonchev–Trinajstić information content (AvgIpc) is 3.05. The Labute approximate surface area is 171 Å². The van der Waals surface area contributed by atoms with Crippen LogP contribution in [0, 0.1) is 5.92 Å². The largest absolute Gasteiger partial charge is 0.489 e. The summed E-state index contributed by atoms with van der Waals surface area (Å²) in [4.78, 5) is -0.742. The lowest BCUT2D eigenvalue weighted by molar-refractivity contribution is -0.135. The van der Waals surface area contributed by atoms with E-state index < -0.39 is 11.1 Å². The van der Waals surface area contributed by atoms with E-state index in [1.54, 1.807) is 36.4 Å². The lowest BCUT2D eigenvalue weighted by atomic mass is 10.0. The van der Waals surface area contributed by atoms with Crippen LogP contribution in [0.4, 0.5) is 13.2 Å². The van der Waals surface area contributed by atoms with Gasteiger partial charge in [-0.3, -0.25) is 0 Å². The van der Waals surface area contributed by atoms with E-state index in [9.17, 15) is 13.2 Å². The fourth-order valence-electron chi connectivity index (χ4n) is 2.85. The van der Waals surface area contributed by atoms with Crippen molar-refractivity contribution in [3.8, 4) is 17.0 Å². The Morgan fingerprint density at radius 2 is 1.68 bits per heavy atom. The highest BCUT2D eigenvalue weighted by Crippen LogP contribution is 2.40. The Balaban J connectivity index is 1.85. The van der Waals surface area contributed by atoms with Crippen LogP contribution in [-0.4, -0.2) is 4.37 Å². The van der Waals surface area contributed by atoms with E-state index >= 15 is 0 Å². The molecule has 148 valence electrons. The van der Waals surface area contributed by atoms with Gasteiger partial charge in [-0.05, 0) is 53.7 Å². The Kier molecular flexibility index (Phi) is 6.30. The Hall–Kier alpha value is -2.05. The molecule has 0 aliphatic carbocycles. The Morgan fingerprint density at radius 3 is 2.25 bits per heavy atom. The van der Waals surface area contributed by atoms with Crippen LogP contribution in [0.15, 0.2) is 48.5 Å². The molecular weight excluding hydrogens is 407 g/mol. The fourth-order valence-corrected chi connectivity index (χ4v) is 3.74. The van der Waals surface area contributed by atoms with Crippen LogP contribution in [0.1, 0.15) is 29.9 Å². The summed E-state index contributed by atoms with van der Waals surface area (Å²) in [5.74, 6) is 1.05.